The summed E-state index contributed by atoms with van der Waals surface area (Å²) in [5.41, 5.74) is 4.85. The van der Waals surface area contributed by atoms with Crippen LogP contribution in [0.1, 0.15) is 53.5 Å². The normalized spacial score (nSPS) is 20.4. The zero-order valence-corrected chi connectivity index (χ0v) is 17.9. The van der Waals surface area contributed by atoms with Crippen molar-refractivity contribution >= 4 is 0 Å². The minimum Gasteiger partial charge on any atom is -0.496 e. The number of methoxy groups -OCH3 is 2. The molecule has 1 saturated heterocycles. The molecule has 1 unspecified atom stereocenters. The van der Waals surface area contributed by atoms with E-state index >= 15 is 0 Å². The molecule has 1 fully saturated rings. The highest BCUT2D eigenvalue weighted by molar-refractivity contribution is 5.37. The molecule has 156 valence electrons. The minimum atomic E-state index is 0.375. The third-order valence-electron chi connectivity index (χ3n) is 6.15. The van der Waals surface area contributed by atoms with Gasteiger partial charge in [-0.05, 0) is 44.1 Å². The van der Waals surface area contributed by atoms with Crippen LogP contribution in [0, 0.1) is 0 Å². The third-order valence-corrected chi connectivity index (χ3v) is 6.15. The Hall–Kier alpha value is -2.02. The van der Waals surface area contributed by atoms with Crippen molar-refractivity contribution in [2.45, 2.75) is 51.4 Å². The number of piperidine rings is 1. The fourth-order valence-electron chi connectivity index (χ4n) is 4.54. The predicted octanol–water partition coefficient (Wildman–Crippen LogP) is 3.35. The Morgan fingerprint density at radius 2 is 2.07 bits per heavy atom. The molecule has 2 aromatic rings. The Morgan fingerprint density at radius 1 is 1.17 bits per heavy atom. The summed E-state index contributed by atoms with van der Waals surface area (Å²) >= 11 is 0. The van der Waals surface area contributed by atoms with Gasteiger partial charge in [-0.1, -0.05) is 12.5 Å². The number of aromatic nitrogens is 2. The second-order valence-electron chi connectivity index (χ2n) is 8.23. The molecule has 3 heterocycles. The first-order valence-electron chi connectivity index (χ1n) is 10.6. The lowest BCUT2D eigenvalue weighted by atomic mass is 10.0. The van der Waals surface area contributed by atoms with E-state index in [9.17, 15) is 0 Å². The second-order valence-corrected chi connectivity index (χ2v) is 8.23. The van der Waals surface area contributed by atoms with Gasteiger partial charge in [0.1, 0.15) is 11.6 Å². The summed E-state index contributed by atoms with van der Waals surface area (Å²) in [6, 6.07) is 6.67. The first-order chi connectivity index (χ1) is 14.2. The Morgan fingerprint density at radius 3 is 2.86 bits per heavy atom. The van der Waals surface area contributed by atoms with Crippen molar-refractivity contribution in [1.29, 1.82) is 0 Å². The van der Waals surface area contributed by atoms with Gasteiger partial charge in [0, 0.05) is 56.2 Å². The average Bonchev–Trinajstić information content (AvgIpc) is 2.74. The van der Waals surface area contributed by atoms with Gasteiger partial charge in [0.15, 0.2) is 0 Å². The van der Waals surface area contributed by atoms with Gasteiger partial charge in [-0.15, -0.1) is 0 Å². The summed E-state index contributed by atoms with van der Waals surface area (Å²) in [5.74, 6) is 1.94. The molecule has 0 N–H and O–H groups in total. The van der Waals surface area contributed by atoms with Crippen molar-refractivity contribution < 1.29 is 9.47 Å². The predicted molar refractivity (Wildman–Crippen MR) is 113 cm³/mol. The molecule has 0 aliphatic carbocycles. The summed E-state index contributed by atoms with van der Waals surface area (Å²) < 4.78 is 10.9. The summed E-state index contributed by atoms with van der Waals surface area (Å²) in [5, 5.41) is 0. The highest BCUT2D eigenvalue weighted by Crippen LogP contribution is 2.29. The maximum atomic E-state index is 5.59. The van der Waals surface area contributed by atoms with Gasteiger partial charge < -0.3 is 9.47 Å². The van der Waals surface area contributed by atoms with E-state index in [0.717, 1.165) is 44.2 Å². The molecular formula is C23H32N4O2. The third kappa shape index (κ3) is 4.60. The number of likely N-dealkylation sites (tertiary alicyclic amines) is 1. The molecule has 0 radical (unpaired) electrons. The maximum absolute atomic E-state index is 5.59. The van der Waals surface area contributed by atoms with E-state index in [-0.39, 0.29) is 0 Å². The standard InChI is InChI=1S/C23H32N4O2/c1-26-10-5-4-6-21(26)23-24-13-19-15-27(11-9-20(19)25-23)14-18-12-17(16-28-2)7-8-22(18)29-3/h7-8,12-13,21H,4-6,9-11,14-16H2,1-3H3. The molecule has 2 aliphatic heterocycles. The molecule has 29 heavy (non-hydrogen) atoms. The lowest BCUT2D eigenvalue weighted by molar-refractivity contribution is 0.178. The number of fused-ring (bicyclic) bond motifs is 1. The van der Waals surface area contributed by atoms with Crippen LogP contribution in [-0.4, -0.2) is 54.1 Å². The Kier molecular flexibility index (Phi) is 6.43. The first kappa shape index (κ1) is 20.3. The van der Waals surface area contributed by atoms with E-state index in [1.807, 2.05) is 6.07 Å². The van der Waals surface area contributed by atoms with Crippen LogP contribution in [0.15, 0.2) is 24.4 Å². The Labute approximate surface area is 173 Å². The lowest BCUT2D eigenvalue weighted by Gasteiger charge is -2.33. The number of ether oxygens (including phenoxy) is 2. The van der Waals surface area contributed by atoms with E-state index in [1.165, 1.54) is 41.6 Å². The van der Waals surface area contributed by atoms with Crippen LogP contribution in [0.3, 0.4) is 0 Å². The van der Waals surface area contributed by atoms with E-state index in [1.54, 1.807) is 14.2 Å². The summed E-state index contributed by atoms with van der Waals surface area (Å²) in [6.07, 6.45) is 6.75. The van der Waals surface area contributed by atoms with Crippen LogP contribution in [0.25, 0.3) is 0 Å². The fourth-order valence-corrected chi connectivity index (χ4v) is 4.54. The van der Waals surface area contributed by atoms with Gasteiger partial charge in [-0.25, -0.2) is 9.97 Å². The van der Waals surface area contributed by atoms with Gasteiger partial charge >= 0.3 is 0 Å². The Bertz CT molecular complexity index is 842. The van der Waals surface area contributed by atoms with Crippen molar-refractivity contribution in [3.63, 3.8) is 0 Å². The number of hydrogen-bond acceptors (Lipinski definition) is 6. The monoisotopic (exact) mass is 396 g/mol. The van der Waals surface area contributed by atoms with Crippen molar-refractivity contribution in [2.75, 3.05) is 34.4 Å². The van der Waals surface area contributed by atoms with Gasteiger partial charge in [-0.2, -0.15) is 0 Å². The van der Waals surface area contributed by atoms with Crippen molar-refractivity contribution in [2.24, 2.45) is 0 Å². The smallest absolute Gasteiger partial charge is 0.145 e. The number of benzene rings is 1. The number of nitrogens with zero attached hydrogens (tertiary/aromatic N) is 4. The van der Waals surface area contributed by atoms with Gasteiger partial charge in [-0.3, -0.25) is 9.80 Å². The summed E-state index contributed by atoms with van der Waals surface area (Å²) in [6.45, 7) is 4.50. The molecule has 4 rings (SSSR count). The molecule has 0 spiro atoms. The van der Waals surface area contributed by atoms with E-state index < -0.39 is 0 Å². The fraction of sp³-hybridized carbons (Fsp3) is 0.565. The maximum Gasteiger partial charge on any atom is 0.145 e. The van der Waals surface area contributed by atoms with Crippen LogP contribution in [0.5, 0.6) is 5.75 Å². The molecule has 0 bridgehead atoms. The molecule has 0 saturated carbocycles. The Balaban J connectivity index is 1.47. The molecule has 1 aromatic carbocycles. The van der Waals surface area contributed by atoms with Crippen molar-refractivity contribution in [3.05, 3.63) is 52.6 Å². The van der Waals surface area contributed by atoms with Crippen LogP contribution >= 0.6 is 0 Å². The molecular weight excluding hydrogens is 364 g/mol. The molecule has 6 nitrogen and oxygen atoms in total. The topological polar surface area (TPSA) is 50.7 Å². The second kappa shape index (κ2) is 9.20. The molecule has 0 amide bonds. The molecule has 2 aliphatic rings. The van der Waals surface area contributed by atoms with Crippen molar-refractivity contribution in [3.8, 4) is 5.75 Å². The summed E-state index contributed by atoms with van der Waals surface area (Å²) in [4.78, 5) is 14.6. The molecule has 6 heteroatoms. The van der Waals surface area contributed by atoms with Crippen LogP contribution in [0.2, 0.25) is 0 Å². The highest BCUT2D eigenvalue weighted by atomic mass is 16.5. The SMILES string of the molecule is COCc1ccc(OC)c(CN2CCc3nc(C4CCCCN4C)ncc3C2)c1. The number of hydrogen-bond donors (Lipinski definition) is 0. The van der Waals surface area contributed by atoms with Gasteiger partial charge in [0.2, 0.25) is 0 Å². The molecule has 1 aromatic heterocycles. The average molecular weight is 397 g/mol. The zero-order chi connectivity index (χ0) is 20.2. The zero-order valence-electron chi connectivity index (χ0n) is 17.9. The van der Waals surface area contributed by atoms with Crippen molar-refractivity contribution in [1.82, 2.24) is 19.8 Å². The molecule has 1 atom stereocenters. The van der Waals surface area contributed by atoms with Gasteiger partial charge in [0.05, 0.1) is 19.8 Å². The van der Waals surface area contributed by atoms with Crippen LogP contribution < -0.4 is 4.74 Å². The minimum absolute atomic E-state index is 0.375. The van der Waals surface area contributed by atoms with E-state index in [0.29, 0.717) is 12.6 Å². The van der Waals surface area contributed by atoms with E-state index in [2.05, 4.69) is 35.2 Å². The first-order valence-corrected chi connectivity index (χ1v) is 10.6. The highest BCUT2D eigenvalue weighted by Gasteiger charge is 2.26. The van der Waals surface area contributed by atoms with Crippen LogP contribution in [-0.2, 0) is 30.9 Å². The van der Waals surface area contributed by atoms with Gasteiger partial charge in [0.25, 0.3) is 0 Å². The lowest BCUT2D eigenvalue weighted by Crippen LogP contribution is -2.33. The number of rotatable bonds is 6. The van der Waals surface area contributed by atoms with Crippen LogP contribution in [0.4, 0.5) is 0 Å². The quantitative estimate of drug-likeness (QED) is 0.746. The van der Waals surface area contributed by atoms with E-state index in [4.69, 9.17) is 19.4 Å². The largest absolute Gasteiger partial charge is 0.496 e. The summed E-state index contributed by atoms with van der Waals surface area (Å²) in [7, 11) is 5.66.